The number of carboxylic acid groups (broad SMARTS) is 1. The SMILES string of the molecule is CC(C)CN(CC1CCN(C2Cc3ccccc3C2)CC1)C(=O)[O-]. The van der Waals surface area contributed by atoms with Crippen LogP contribution in [0.25, 0.3) is 0 Å². The Morgan fingerprint density at radius 1 is 1.21 bits per heavy atom. The third-order valence-corrected chi connectivity index (χ3v) is 5.52. The summed E-state index contributed by atoms with van der Waals surface area (Å²) < 4.78 is 0. The maximum Gasteiger partial charge on any atom is 0.136 e. The van der Waals surface area contributed by atoms with Crippen LogP contribution >= 0.6 is 0 Å². The first-order valence-corrected chi connectivity index (χ1v) is 9.29. The largest absolute Gasteiger partial charge is 0.530 e. The van der Waals surface area contributed by atoms with Crippen LogP contribution in [0.4, 0.5) is 4.79 Å². The van der Waals surface area contributed by atoms with Crippen LogP contribution < -0.4 is 5.11 Å². The normalized spacial score (nSPS) is 19.6. The van der Waals surface area contributed by atoms with Crippen molar-refractivity contribution >= 4 is 6.09 Å². The van der Waals surface area contributed by atoms with Crippen LogP contribution in [0.3, 0.4) is 0 Å². The van der Waals surface area contributed by atoms with E-state index in [1.807, 2.05) is 0 Å². The van der Waals surface area contributed by atoms with Crippen molar-refractivity contribution < 1.29 is 9.90 Å². The van der Waals surface area contributed by atoms with Crippen molar-refractivity contribution in [2.75, 3.05) is 26.2 Å². The lowest BCUT2D eigenvalue weighted by atomic mass is 9.94. The summed E-state index contributed by atoms with van der Waals surface area (Å²) in [7, 11) is 0. The Bertz CT molecular complexity index is 540. The van der Waals surface area contributed by atoms with Gasteiger partial charge in [0.05, 0.1) is 0 Å². The number of hydrogen-bond acceptors (Lipinski definition) is 3. The summed E-state index contributed by atoms with van der Waals surface area (Å²) >= 11 is 0. The molecule has 4 nitrogen and oxygen atoms in total. The molecule has 0 spiro atoms. The molecule has 4 heteroatoms. The molecule has 0 unspecified atom stereocenters. The molecule has 24 heavy (non-hydrogen) atoms. The van der Waals surface area contributed by atoms with Crippen LogP contribution in [0.1, 0.15) is 37.8 Å². The van der Waals surface area contributed by atoms with Gasteiger partial charge in [0.1, 0.15) is 6.09 Å². The number of carbonyl (C=O) groups excluding carboxylic acids is 1. The number of hydrogen-bond donors (Lipinski definition) is 0. The average molecular weight is 329 g/mol. The molecule has 1 aromatic carbocycles. The third-order valence-electron chi connectivity index (χ3n) is 5.52. The second kappa shape index (κ2) is 7.56. The van der Waals surface area contributed by atoms with Gasteiger partial charge in [0.25, 0.3) is 0 Å². The smallest absolute Gasteiger partial charge is 0.136 e. The summed E-state index contributed by atoms with van der Waals surface area (Å²) in [6.07, 6.45) is 3.50. The highest BCUT2D eigenvalue weighted by atomic mass is 16.4. The number of carbonyl (C=O) groups is 1. The van der Waals surface area contributed by atoms with Crippen molar-refractivity contribution in [1.82, 2.24) is 9.80 Å². The Labute approximate surface area is 145 Å². The van der Waals surface area contributed by atoms with Gasteiger partial charge in [-0.15, -0.1) is 0 Å². The zero-order valence-electron chi connectivity index (χ0n) is 14.9. The molecule has 0 atom stereocenters. The van der Waals surface area contributed by atoms with Gasteiger partial charge < -0.3 is 14.8 Å². The number of likely N-dealkylation sites (tertiary alicyclic amines) is 1. The third kappa shape index (κ3) is 4.10. The molecule has 0 bridgehead atoms. The molecule has 1 heterocycles. The van der Waals surface area contributed by atoms with Crippen LogP contribution in [0.2, 0.25) is 0 Å². The summed E-state index contributed by atoms with van der Waals surface area (Å²) in [6, 6.07) is 9.42. The molecule has 3 rings (SSSR count). The van der Waals surface area contributed by atoms with E-state index in [1.54, 1.807) is 0 Å². The van der Waals surface area contributed by atoms with E-state index in [-0.39, 0.29) is 0 Å². The van der Waals surface area contributed by atoms with Crippen LogP contribution in [0, 0.1) is 11.8 Å². The molecule has 1 amide bonds. The highest BCUT2D eigenvalue weighted by molar-refractivity contribution is 5.62. The van der Waals surface area contributed by atoms with E-state index in [2.05, 4.69) is 43.0 Å². The summed E-state index contributed by atoms with van der Waals surface area (Å²) in [5, 5.41) is 11.3. The molecule has 0 aromatic heterocycles. The summed E-state index contributed by atoms with van der Waals surface area (Å²) in [6.45, 7) is 7.50. The first kappa shape index (κ1) is 17.3. The molecule has 0 N–H and O–H groups in total. The van der Waals surface area contributed by atoms with E-state index in [0.717, 1.165) is 25.9 Å². The van der Waals surface area contributed by atoms with Crippen molar-refractivity contribution in [3.8, 4) is 0 Å². The Morgan fingerprint density at radius 2 is 1.79 bits per heavy atom. The maximum atomic E-state index is 11.3. The minimum absolute atomic E-state index is 0.347. The number of amides is 1. The van der Waals surface area contributed by atoms with Gasteiger partial charge in [0.2, 0.25) is 0 Å². The van der Waals surface area contributed by atoms with Crippen molar-refractivity contribution in [3.05, 3.63) is 35.4 Å². The average Bonchev–Trinajstić information content (AvgIpc) is 2.98. The summed E-state index contributed by atoms with van der Waals surface area (Å²) in [4.78, 5) is 15.4. The Kier molecular flexibility index (Phi) is 5.44. The minimum Gasteiger partial charge on any atom is -0.530 e. The van der Waals surface area contributed by atoms with E-state index in [1.165, 1.54) is 28.9 Å². The highest BCUT2D eigenvalue weighted by Gasteiger charge is 2.30. The number of piperidine rings is 1. The predicted molar refractivity (Wildman–Crippen MR) is 93.7 cm³/mol. The standard InChI is InChI=1S/C20H30N2O2/c1-15(2)13-22(20(23)24)14-16-7-9-21(10-8-16)19-11-17-5-3-4-6-18(17)12-19/h3-6,15-16,19H,7-14H2,1-2H3,(H,23,24)/p-1. The Morgan fingerprint density at radius 3 is 2.29 bits per heavy atom. The van der Waals surface area contributed by atoms with Crippen molar-refractivity contribution in [2.45, 2.75) is 45.6 Å². The van der Waals surface area contributed by atoms with Crippen LogP contribution in [-0.2, 0) is 12.8 Å². The highest BCUT2D eigenvalue weighted by Crippen LogP contribution is 2.29. The summed E-state index contributed by atoms with van der Waals surface area (Å²) in [5.74, 6) is 0.821. The van der Waals surface area contributed by atoms with Gasteiger partial charge in [0.15, 0.2) is 0 Å². The maximum absolute atomic E-state index is 11.3. The fourth-order valence-corrected chi connectivity index (χ4v) is 4.27. The first-order valence-electron chi connectivity index (χ1n) is 9.29. The van der Waals surface area contributed by atoms with Gasteiger partial charge in [-0.05, 0) is 61.7 Å². The monoisotopic (exact) mass is 329 g/mol. The van der Waals surface area contributed by atoms with Gasteiger partial charge in [-0.1, -0.05) is 38.1 Å². The molecule has 0 radical (unpaired) electrons. The molecule has 1 aliphatic heterocycles. The lowest BCUT2D eigenvalue weighted by Gasteiger charge is -2.38. The topological polar surface area (TPSA) is 46.6 Å². The van der Waals surface area contributed by atoms with Gasteiger partial charge in [-0.3, -0.25) is 4.90 Å². The van der Waals surface area contributed by atoms with Crippen molar-refractivity contribution in [2.24, 2.45) is 11.8 Å². The lowest BCUT2D eigenvalue weighted by molar-refractivity contribution is -0.266. The van der Waals surface area contributed by atoms with E-state index in [9.17, 15) is 9.90 Å². The van der Waals surface area contributed by atoms with Gasteiger partial charge in [-0.2, -0.15) is 0 Å². The molecule has 1 fully saturated rings. The van der Waals surface area contributed by atoms with E-state index in [0.29, 0.717) is 31.0 Å². The molecule has 2 aliphatic rings. The van der Waals surface area contributed by atoms with Crippen LogP contribution in [0.15, 0.2) is 24.3 Å². The zero-order valence-corrected chi connectivity index (χ0v) is 14.9. The summed E-state index contributed by atoms with van der Waals surface area (Å²) in [5.41, 5.74) is 3.01. The Hall–Kier alpha value is -1.55. The number of fused-ring (bicyclic) bond motifs is 1. The van der Waals surface area contributed by atoms with E-state index >= 15 is 0 Å². The van der Waals surface area contributed by atoms with Crippen molar-refractivity contribution in [3.63, 3.8) is 0 Å². The quantitative estimate of drug-likeness (QED) is 0.832. The molecular formula is C20H29N2O2-. The Balaban J connectivity index is 1.49. The van der Waals surface area contributed by atoms with Gasteiger partial charge in [0, 0.05) is 19.1 Å². The molecular weight excluding hydrogens is 300 g/mol. The molecule has 132 valence electrons. The molecule has 1 aliphatic carbocycles. The number of nitrogens with zero attached hydrogens (tertiary/aromatic N) is 2. The molecule has 0 saturated carbocycles. The first-order chi connectivity index (χ1) is 11.5. The van der Waals surface area contributed by atoms with Crippen LogP contribution in [0.5, 0.6) is 0 Å². The lowest BCUT2D eigenvalue weighted by Crippen LogP contribution is -2.48. The zero-order chi connectivity index (χ0) is 17.1. The second-order valence-electron chi connectivity index (χ2n) is 7.87. The number of benzene rings is 1. The van der Waals surface area contributed by atoms with E-state index in [4.69, 9.17) is 0 Å². The van der Waals surface area contributed by atoms with Gasteiger partial charge >= 0.3 is 0 Å². The molecule has 1 aromatic rings. The fraction of sp³-hybridized carbons (Fsp3) is 0.650. The van der Waals surface area contributed by atoms with Gasteiger partial charge in [-0.25, -0.2) is 0 Å². The minimum atomic E-state index is -1.02. The number of rotatable bonds is 5. The fourth-order valence-electron chi connectivity index (χ4n) is 4.27. The molecule has 1 saturated heterocycles. The second-order valence-corrected chi connectivity index (χ2v) is 7.87. The van der Waals surface area contributed by atoms with Crippen molar-refractivity contribution in [1.29, 1.82) is 0 Å². The predicted octanol–water partition coefficient (Wildman–Crippen LogP) is 2.17. The van der Waals surface area contributed by atoms with E-state index < -0.39 is 6.09 Å². The van der Waals surface area contributed by atoms with Crippen LogP contribution in [-0.4, -0.2) is 48.1 Å².